The van der Waals surface area contributed by atoms with Crippen LogP contribution in [0.4, 0.5) is 0 Å². The zero-order valence-electron chi connectivity index (χ0n) is 13.3. The molecule has 5 heteroatoms. The molecule has 5 nitrogen and oxygen atoms in total. The van der Waals surface area contributed by atoms with Crippen molar-refractivity contribution >= 4 is 0 Å². The molecule has 0 radical (unpaired) electrons. The van der Waals surface area contributed by atoms with E-state index in [0.717, 1.165) is 24.7 Å². The minimum Gasteiger partial charge on any atom is -0.392 e. The fraction of sp³-hybridized carbons (Fsp3) is 0.875. The molecule has 2 saturated carbocycles. The first-order chi connectivity index (χ1) is 10.1. The lowest BCUT2D eigenvalue weighted by molar-refractivity contribution is 0.0740. The van der Waals surface area contributed by atoms with Gasteiger partial charge in [0.15, 0.2) is 0 Å². The van der Waals surface area contributed by atoms with Gasteiger partial charge in [-0.2, -0.15) is 0 Å². The Morgan fingerprint density at radius 2 is 1.90 bits per heavy atom. The lowest BCUT2D eigenvalue weighted by Gasteiger charge is -2.34. The molecule has 21 heavy (non-hydrogen) atoms. The smallest absolute Gasteiger partial charge is 0.147 e. The Bertz CT molecular complexity index is 461. The predicted octanol–water partition coefficient (Wildman–Crippen LogP) is 2.44. The number of aliphatic hydroxyl groups excluding tert-OH is 1. The van der Waals surface area contributed by atoms with Crippen molar-refractivity contribution in [3.63, 3.8) is 0 Å². The van der Waals surface area contributed by atoms with Crippen LogP contribution in [0, 0.1) is 6.92 Å². The van der Waals surface area contributed by atoms with Gasteiger partial charge in [-0.1, -0.05) is 19.3 Å². The van der Waals surface area contributed by atoms with Crippen LogP contribution in [0.15, 0.2) is 0 Å². The molecule has 0 bridgehead atoms. The van der Waals surface area contributed by atoms with Gasteiger partial charge in [-0.15, -0.1) is 10.2 Å². The van der Waals surface area contributed by atoms with Crippen molar-refractivity contribution in [2.45, 2.75) is 83.5 Å². The van der Waals surface area contributed by atoms with Crippen molar-refractivity contribution in [1.82, 2.24) is 19.7 Å². The molecule has 0 spiro atoms. The Hall–Kier alpha value is -0.940. The first-order valence-corrected chi connectivity index (χ1v) is 8.47. The summed E-state index contributed by atoms with van der Waals surface area (Å²) in [5.74, 6) is 2.12. The zero-order chi connectivity index (χ0) is 14.8. The first-order valence-electron chi connectivity index (χ1n) is 8.47. The maximum Gasteiger partial charge on any atom is 0.147 e. The first kappa shape index (κ1) is 15.0. The van der Waals surface area contributed by atoms with Crippen LogP contribution in [0.5, 0.6) is 0 Å². The van der Waals surface area contributed by atoms with Crippen molar-refractivity contribution in [3.05, 3.63) is 11.6 Å². The summed E-state index contributed by atoms with van der Waals surface area (Å²) in [7, 11) is 0. The molecule has 1 atom stereocenters. The van der Waals surface area contributed by atoms with Crippen molar-refractivity contribution in [3.8, 4) is 0 Å². The standard InChI is InChI=1S/C16H28N4O/c1-12(21)10-19(14-6-4-3-5-7-14)11-16-18-17-13(2)20(16)15-8-9-15/h12,14-15,21H,3-11H2,1-2H3. The van der Waals surface area contributed by atoms with Gasteiger partial charge in [0.2, 0.25) is 0 Å². The number of hydrogen-bond acceptors (Lipinski definition) is 4. The number of nitrogens with zero attached hydrogens (tertiary/aromatic N) is 4. The number of aryl methyl sites for hydroxylation is 1. The quantitative estimate of drug-likeness (QED) is 0.875. The second kappa shape index (κ2) is 6.44. The summed E-state index contributed by atoms with van der Waals surface area (Å²) in [4.78, 5) is 2.44. The molecule has 1 unspecified atom stereocenters. The molecule has 1 N–H and O–H groups in total. The van der Waals surface area contributed by atoms with E-state index >= 15 is 0 Å². The van der Waals surface area contributed by atoms with Crippen LogP contribution in [-0.4, -0.2) is 43.5 Å². The van der Waals surface area contributed by atoms with Gasteiger partial charge in [-0.05, 0) is 39.5 Å². The SMILES string of the molecule is Cc1nnc(CN(CC(C)O)C2CCCCC2)n1C1CC1. The van der Waals surface area contributed by atoms with Crippen LogP contribution in [0.25, 0.3) is 0 Å². The van der Waals surface area contributed by atoms with Crippen molar-refractivity contribution in [1.29, 1.82) is 0 Å². The molecule has 1 aromatic rings. The van der Waals surface area contributed by atoms with E-state index in [0.29, 0.717) is 12.1 Å². The summed E-state index contributed by atoms with van der Waals surface area (Å²) >= 11 is 0. The van der Waals surface area contributed by atoms with Crippen LogP contribution in [0.3, 0.4) is 0 Å². The monoisotopic (exact) mass is 292 g/mol. The topological polar surface area (TPSA) is 54.2 Å². The van der Waals surface area contributed by atoms with E-state index in [2.05, 4.69) is 26.6 Å². The molecule has 1 aromatic heterocycles. The largest absolute Gasteiger partial charge is 0.392 e. The fourth-order valence-electron chi connectivity index (χ4n) is 3.64. The van der Waals surface area contributed by atoms with Crippen molar-refractivity contribution < 1.29 is 5.11 Å². The van der Waals surface area contributed by atoms with Gasteiger partial charge >= 0.3 is 0 Å². The highest BCUT2D eigenvalue weighted by atomic mass is 16.3. The molecule has 2 aliphatic carbocycles. The third-order valence-electron chi connectivity index (χ3n) is 4.78. The Morgan fingerprint density at radius 3 is 2.52 bits per heavy atom. The van der Waals surface area contributed by atoms with Crippen LogP contribution >= 0.6 is 0 Å². The van der Waals surface area contributed by atoms with Crippen molar-refractivity contribution in [2.75, 3.05) is 6.54 Å². The second-order valence-corrected chi connectivity index (χ2v) is 6.83. The number of rotatable bonds is 6. The minimum absolute atomic E-state index is 0.287. The van der Waals surface area contributed by atoms with E-state index in [1.807, 2.05) is 6.92 Å². The normalized spacial score (nSPS) is 21.9. The number of hydrogen-bond donors (Lipinski definition) is 1. The lowest BCUT2D eigenvalue weighted by Crippen LogP contribution is -2.41. The Labute approximate surface area is 127 Å². The average molecular weight is 292 g/mol. The highest BCUT2D eigenvalue weighted by molar-refractivity contribution is 5.02. The Kier molecular flexibility index (Phi) is 4.60. The van der Waals surface area contributed by atoms with Crippen LogP contribution in [0.1, 0.15) is 69.6 Å². The van der Waals surface area contributed by atoms with Crippen LogP contribution < -0.4 is 0 Å². The summed E-state index contributed by atoms with van der Waals surface area (Å²) in [5.41, 5.74) is 0. The third kappa shape index (κ3) is 3.64. The Balaban J connectivity index is 1.74. The van der Waals surface area contributed by atoms with E-state index in [9.17, 15) is 5.11 Å². The fourth-order valence-corrected chi connectivity index (χ4v) is 3.64. The summed E-state index contributed by atoms with van der Waals surface area (Å²) < 4.78 is 2.32. The van der Waals surface area contributed by atoms with Gasteiger partial charge in [0, 0.05) is 18.6 Å². The molecule has 2 aliphatic rings. The molecule has 118 valence electrons. The molecular weight excluding hydrogens is 264 g/mol. The molecule has 0 aliphatic heterocycles. The molecular formula is C16H28N4O. The van der Waals surface area contributed by atoms with Gasteiger partial charge in [0.25, 0.3) is 0 Å². The summed E-state index contributed by atoms with van der Waals surface area (Å²) in [5, 5.41) is 18.5. The molecule has 0 amide bonds. The maximum absolute atomic E-state index is 9.84. The van der Waals surface area contributed by atoms with E-state index in [1.165, 1.54) is 44.9 Å². The molecule has 2 fully saturated rings. The summed E-state index contributed by atoms with van der Waals surface area (Å²) in [6, 6.07) is 1.22. The van der Waals surface area contributed by atoms with E-state index < -0.39 is 0 Å². The number of aliphatic hydroxyl groups is 1. The predicted molar refractivity (Wildman–Crippen MR) is 82.0 cm³/mol. The summed E-state index contributed by atoms with van der Waals surface area (Å²) in [6.45, 7) is 5.50. The Morgan fingerprint density at radius 1 is 1.19 bits per heavy atom. The van der Waals surface area contributed by atoms with E-state index in [-0.39, 0.29) is 6.10 Å². The van der Waals surface area contributed by atoms with Gasteiger partial charge in [-0.3, -0.25) is 4.90 Å². The summed E-state index contributed by atoms with van der Waals surface area (Å²) in [6.07, 6.45) is 8.72. The minimum atomic E-state index is -0.287. The van der Waals surface area contributed by atoms with E-state index in [1.54, 1.807) is 0 Å². The molecule has 0 saturated heterocycles. The van der Waals surface area contributed by atoms with E-state index in [4.69, 9.17) is 0 Å². The highest BCUT2D eigenvalue weighted by Crippen LogP contribution is 2.37. The van der Waals surface area contributed by atoms with Gasteiger partial charge in [-0.25, -0.2) is 0 Å². The second-order valence-electron chi connectivity index (χ2n) is 6.83. The van der Waals surface area contributed by atoms with Gasteiger partial charge < -0.3 is 9.67 Å². The molecule has 0 aromatic carbocycles. The third-order valence-corrected chi connectivity index (χ3v) is 4.78. The highest BCUT2D eigenvalue weighted by Gasteiger charge is 2.30. The van der Waals surface area contributed by atoms with Gasteiger partial charge in [0.05, 0.1) is 12.6 Å². The average Bonchev–Trinajstić information content (AvgIpc) is 3.23. The van der Waals surface area contributed by atoms with Crippen LogP contribution in [0.2, 0.25) is 0 Å². The lowest BCUT2D eigenvalue weighted by atomic mass is 9.94. The van der Waals surface area contributed by atoms with Crippen molar-refractivity contribution in [2.24, 2.45) is 0 Å². The zero-order valence-corrected chi connectivity index (χ0v) is 13.3. The molecule has 1 heterocycles. The van der Waals surface area contributed by atoms with Crippen LogP contribution in [-0.2, 0) is 6.54 Å². The maximum atomic E-state index is 9.84. The molecule has 3 rings (SSSR count). The van der Waals surface area contributed by atoms with Gasteiger partial charge in [0.1, 0.15) is 11.6 Å². The number of aromatic nitrogens is 3.